The maximum absolute atomic E-state index is 12.7. The summed E-state index contributed by atoms with van der Waals surface area (Å²) in [5, 5.41) is 15.4. The number of nitrogens with zero attached hydrogens (tertiary/aromatic N) is 1. The Hall–Kier alpha value is -1.83. The molecule has 0 saturated heterocycles. The van der Waals surface area contributed by atoms with Gasteiger partial charge in [-0.1, -0.05) is 30.1 Å². The van der Waals surface area contributed by atoms with Crippen molar-refractivity contribution in [3.8, 4) is 0 Å². The van der Waals surface area contributed by atoms with Gasteiger partial charge in [-0.05, 0) is 38.0 Å². The SMILES string of the molecule is CCOC(=O)[C@](CC)(CCC(=O)O)c1csc(Nc2ccc(Cl)cc2Cl)n1. The molecule has 2 aromatic rings. The maximum atomic E-state index is 12.7. The van der Waals surface area contributed by atoms with Crippen LogP contribution in [0.2, 0.25) is 10.0 Å². The van der Waals surface area contributed by atoms with E-state index in [0.29, 0.717) is 33.0 Å². The minimum atomic E-state index is -1.10. The molecule has 2 rings (SSSR count). The molecule has 1 aromatic heterocycles. The Balaban J connectivity index is 2.33. The van der Waals surface area contributed by atoms with E-state index >= 15 is 0 Å². The van der Waals surface area contributed by atoms with Crippen molar-refractivity contribution in [1.29, 1.82) is 0 Å². The molecule has 0 radical (unpaired) electrons. The highest BCUT2D eigenvalue weighted by Gasteiger charge is 2.42. The Labute approximate surface area is 171 Å². The van der Waals surface area contributed by atoms with Crippen LogP contribution in [0.4, 0.5) is 10.8 Å². The average molecular weight is 431 g/mol. The van der Waals surface area contributed by atoms with Crippen molar-refractivity contribution in [3.63, 3.8) is 0 Å². The molecule has 9 heteroatoms. The number of carboxylic acid groups (broad SMARTS) is 1. The summed E-state index contributed by atoms with van der Waals surface area (Å²) in [6.07, 6.45) is 0.336. The zero-order chi connectivity index (χ0) is 20.0. The summed E-state index contributed by atoms with van der Waals surface area (Å²) in [4.78, 5) is 28.3. The fourth-order valence-corrected chi connectivity index (χ4v) is 3.96. The van der Waals surface area contributed by atoms with Crippen molar-refractivity contribution in [2.75, 3.05) is 11.9 Å². The highest BCUT2D eigenvalue weighted by Crippen LogP contribution is 2.37. The van der Waals surface area contributed by atoms with E-state index in [1.807, 2.05) is 6.92 Å². The van der Waals surface area contributed by atoms with E-state index in [4.69, 9.17) is 33.0 Å². The van der Waals surface area contributed by atoms with Crippen molar-refractivity contribution in [1.82, 2.24) is 4.98 Å². The van der Waals surface area contributed by atoms with Crippen LogP contribution in [-0.4, -0.2) is 28.6 Å². The molecule has 1 aromatic carbocycles. The largest absolute Gasteiger partial charge is 0.481 e. The number of aliphatic carboxylic acids is 1. The van der Waals surface area contributed by atoms with E-state index in [9.17, 15) is 9.59 Å². The van der Waals surface area contributed by atoms with Crippen LogP contribution in [0.25, 0.3) is 0 Å². The van der Waals surface area contributed by atoms with E-state index in [0.717, 1.165) is 0 Å². The number of hydrogen-bond donors (Lipinski definition) is 2. The van der Waals surface area contributed by atoms with E-state index in [1.165, 1.54) is 11.3 Å². The normalized spacial score (nSPS) is 13.0. The highest BCUT2D eigenvalue weighted by molar-refractivity contribution is 7.13. The second kappa shape index (κ2) is 9.39. The standard InChI is InChI=1S/C18H20Cl2N2O4S/c1-3-18(8-7-15(23)24,16(25)26-4-2)14-10-27-17(22-14)21-13-6-5-11(19)9-12(13)20/h5-6,9-10H,3-4,7-8H2,1-2H3,(H,21,22)(H,23,24)/t18-/m1/s1. The quantitative estimate of drug-likeness (QED) is 0.526. The molecule has 6 nitrogen and oxygen atoms in total. The molecule has 146 valence electrons. The molecule has 2 N–H and O–H groups in total. The number of aromatic nitrogens is 1. The molecule has 0 bridgehead atoms. The van der Waals surface area contributed by atoms with Crippen molar-refractivity contribution < 1.29 is 19.4 Å². The van der Waals surface area contributed by atoms with E-state index in [1.54, 1.807) is 30.5 Å². The third-order valence-electron chi connectivity index (χ3n) is 4.20. The lowest BCUT2D eigenvalue weighted by Crippen LogP contribution is -2.38. The third kappa shape index (κ3) is 5.12. The van der Waals surface area contributed by atoms with Gasteiger partial charge in [-0.3, -0.25) is 9.59 Å². The van der Waals surface area contributed by atoms with Crippen LogP contribution < -0.4 is 5.32 Å². The molecule has 27 heavy (non-hydrogen) atoms. The average Bonchev–Trinajstić information content (AvgIpc) is 3.07. The van der Waals surface area contributed by atoms with Gasteiger partial charge < -0.3 is 15.2 Å². The lowest BCUT2D eigenvalue weighted by molar-refractivity contribution is -0.151. The van der Waals surface area contributed by atoms with Crippen LogP contribution in [0, 0.1) is 0 Å². The maximum Gasteiger partial charge on any atom is 0.318 e. The number of ether oxygens (including phenoxy) is 1. The number of carbonyl (C=O) groups excluding carboxylic acids is 1. The summed E-state index contributed by atoms with van der Waals surface area (Å²) in [5.41, 5.74) is 0.0160. The van der Waals surface area contributed by atoms with Gasteiger partial charge in [0.05, 0.1) is 23.0 Å². The first-order chi connectivity index (χ1) is 12.8. The smallest absolute Gasteiger partial charge is 0.318 e. The van der Waals surface area contributed by atoms with E-state index in [2.05, 4.69) is 10.3 Å². The summed E-state index contributed by atoms with van der Waals surface area (Å²) in [6.45, 7) is 3.75. The molecule has 0 aliphatic rings. The Morgan fingerprint density at radius 3 is 2.67 bits per heavy atom. The number of halogens is 2. The predicted octanol–water partition coefficient (Wildman–Crippen LogP) is 5.27. The van der Waals surface area contributed by atoms with Crippen LogP contribution in [-0.2, 0) is 19.7 Å². The number of carbonyl (C=O) groups is 2. The number of anilines is 2. The fraction of sp³-hybridized carbons (Fsp3) is 0.389. The number of nitrogens with one attached hydrogen (secondary N) is 1. The number of thiazole rings is 1. The third-order valence-corrected chi connectivity index (χ3v) is 5.51. The van der Waals surface area contributed by atoms with Crippen LogP contribution in [0.15, 0.2) is 23.6 Å². The monoisotopic (exact) mass is 430 g/mol. The molecule has 1 atom stereocenters. The van der Waals surface area contributed by atoms with Gasteiger partial charge in [0, 0.05) is 16.8 Å². The van der Waals surface area contributed by atoms with E-state index in [-0.39, 0.29) is 19.4 Å². The van der Waals surface area contributed by atoms with Gasteiger partial charge in [-0.25, -0.2) is 4.98 Å². The van der Waals surface area contributed by atoms with Crippen molar-refractivity contribution >= 4 is 57.3 Å². The zero-order valence-electron chi connectivity index (χ0n) is 14.9. The molecular weight excluding hydrogens is 411 g/mol. The van der Waals surface area contributed by atoms with Crippen LogP contribution in [0.3, 0.4) is 0 Å². The van der Waals surface area contributed by atoms with Crippen molar-refractivity contribution in [3.05, 3.63) is 39.3 Å². The fourth-order valence-electron chi connectivity index (χ4n) is 2.68. The molecule has 1 heterocycles. The Bertz CT molecular complexity index is 827. The summed E-state index contributed by atoms with van der Waals surface area (Å²) < 4.78 is 5.22. The summed E-state index contributed by atoms with van der Waals surface area (Å²) in [6, 6.07) is 5.04. The predicted molar refractivity (Wildman–Crippen MR) is 107 cm³/mol. The van der Waals surface area contributed by atoms with Gasteiger partial charge in [0.2, 0.25) is 0 Å². The summed E-state index contributed by atoms with van der Waals surface area (Å²) in [5.74, 6) is -1.44. The number of benzene rings is 1. The Morgan fingerprint density at radius 1 is 1.33 bits per heavy atom. The minimum Gasteiger partial charge on any atom is -0.481 e. The van der Waals surface area contributed by atoms with Gasteiger partial charge in [0.1, 0.15) is 5.41 Å². The van der Waals surface area contributed by atoms with E-state index < -0.39 is 17.4 Å². The lowest BCUT2D eigenvalue weighted by Gasteiger charge is -2.28. The van der Waals surface area contributed by atoms with Gasteiger partial charge in [-0.2, -0.15) is 0 Å². The molecule has 0 amide bonds. The number of carboxylic acids is 1. The lowest BCUT2D eigenvalue weighted by atomic mass is 9.78. The first-order valence-corrected chi connectivity index (χ1v) is 10.0. The summed E-state index contributed by atoms with van der Waals surface area (Å²) in [7, 11) is 0. The molecule has 0 fully saturated rings. The van der Waals surface area contributed by atoms with Crippen molar-refractivity contribution in [2.24, 2.45) is 0 Å². The first kappa shape index (κ1) is 21.5. The Morgan fingerprint density at radius 2 is 2.07 bits per heavy atom. The van der Waals surface area contributed by atoms with Crippen molar-refractivity contribution in [2.45, 2.75) is 38.5 Å². The molecule has 0 spiro atoms. The highest BCUT2D eigenvalue weighted by atomic mass is 35.5. The van der Waals surface area contributed by atoms with Crippen LogP contribution in [0.5, 0.6) is 0 Å². The van der Waals surface area contributed by atoms with Crippen LogP contribution >= 0.6 is 34.5 Å². The molecule has 0 aliphatic heterocycles. The van der Waals surface area contributed by atoms with Gasteiger partial charge in [0.15, 0.2) is 5.13 Å². The zero-order valence-corrected chi connectivity index (χ0v) is 17.2. The van der Waals surface area contributed by atoms with Gasteiger partial charge in [0.25, 0.3) is 0 Å². The molecule has 0 unspecified atom stereocenters. The second-order valence-electron chi connectivity index (χ2n) is 5.84. The van der Waals surface area contributed by atoms with Gasteiger partial charge in [-0.15, -0.1) is 11.3 Å². The first-order valence-electron chi connectivity index (χ1n) is 8.39. The molecule has 0 aliphatic carbocycles. The second-order valence-corrected chi connectivity index (χ2v) is 7.54. The number of esters is 1. The van der Waals surface area contributed by atoms with Gasteiger partial charge >= 0.3 is 11.9 Å². The van der Waals surface area contributed by atoms with Crippen LogP contribution in [0.1, 0.15) is 38.8 Å². The Kier molecular flexibility index (Phi) is 7.47. The minimum absolute atomic E-state index is 0.114. The topological polar surface area (TPSA) is 88.5 Å². The molecular formula is C18H20Cl2N2O4S. The number of rotatable bonds is 9. The summed E-state index contributed by atoms with van der Waals surface area (Å²) >= 11 is 13.4. The molecule has 0 saturated carbocycles. The number of hydrogen-bond acceptors (Lipinski definition) is 6.